The number of anilines is 1. The molecule has 0 spiro atoms. The summed E-state index contributed by atoms with van der Waals surface area (Å²) in [6, 6.07) is 8.06. The van der Waals surface area contributed by atoms with E-state index in [1.54, 1.807) is 12.1 Å². The van der Waals surface area contributed by atoms with Gasteiger partial charge in [0.2, 0.25) is 0 Å². The lowest BCUT2D eigenvalue weighted by Gasteiger charge is -2.28. The Morgan fingerprint density at radius 3 is 2.65 bits per heavy atom. The zero-order valence-corrected chi connectivity index (χ0v) is 15.7. The Balaban J connectivity index is 1.77. The molecule has 0 radical (unpaired) electrons. The summed E-state index contributed by atoms with van der Waals surface area (Å²) in [6.45, 7) is 5.26. The molecule has 0 saturated carbocycles. The summed E-state index contributed by atoms with van der Waals surface area (Å²) in [5, 5.41) is 3.61. The van der Waals surface area contributed by atoms with E-state index >= 15 is 0 Å². The Morgan fingerprint density at radius 2 is 2.00 bits per heavy atom. The molecule has 2 aromatic rings. The summed E-state index contributed by atoms with van der Waals surface area (Å²) in [7, 11) is 0. The number of thioether (sulfide) groups is 1. The molecule has 1 aliphatic rings. The number of carbonyl (C=O) groups is 1. The molecule has 7 heteroatoms. The second kappa shape index (κ2) is 8.51. The molecule has 26 heavy (non-hydrogen) atoms. The van der Waals surface area contributed by atoms with Gasteiger partial charge in [0.15, 0.2) is 0 Å². The largest absolute Gasteiger partial charge is 0.378 e. The van der Waals surface area contributed by atoms with Crippen molar-refractivity contribution in [3.05, 3.63) is 52.8 Å². The van der Waals surface area contributed by atoms with E-state index in [4.69, 9.17) is 4.74 Å². The van der Waals surface area contributed by atoms with Gasteiger partial charge in [0.25, 0.3) is 5.91 Å². The molecular formula is C19H22FN3O2S. The van der Waals surface area contributed by atoms with Gasteiger partial charge in [0, 0.05) is 19.6 Å². The van der Waals surface area contributed by atoms with Crippen molar-refractivity contribution >= 4 is 23.5 Å². The minimum absolute atomic E-state index is 0.169. The van der Waals surface area contributed by atoms with Gasteiger partial charge in [-0.05, 0) is 42.5 Å². The number of rotatable bonds is 5. The predicted octanol–water partition coefficient (Wildman–Crippen LogP) is 3.02. The molecule has 1 N–H and O–H groups in total. The molecule has 1 aliphatic heterocycles. The Labute approximate surface area is 156 Å². The third kappa shape index (κ3) is 4.34. The van der Waals surface area contributed by atoms with Crippen molar-refractivity contribution in [3.63, 3.8) is 0 Å². The zero-order chi connectivity index (χ0) is 18.5. The molecule has 0 unspecified atom stereocenters. The number of morpholine rings is 1. The standard InChI is InChI=1S/C19H22FN3O2S/c1-13-11-16(23-7-9-25-10-8-23)22-19(26-2)17(13)18(24)21-12-14-3-5-15(20)6-4-14/h3-6,11H,7-10,12H2,1-2H3,(H,21,24). The Bertz CT molecular complexity index is 777. The number of ether oxygens (including phenoxy) is 1. The van der Waals surface area contributed by atoms with E-state index in [0.717, 1.165) is 30.0 Å². The topological polar surface area (TPSA) is 54.5 Å². The van der Waals surface area contributed by atoms with Crippen LogP contribution in [0.15, 0.2) is 35.4 Å². The summed E-state index contributed by atoms with van der Waals surface area (Å²) in [5.74, 6) is 0.422. The quantitative estimate of drug-likeness (QED) is 0.814. The van der Waals surface area contributed by atoms with Crippen LogP contribution in [0.3, 0.4) is 0 Å². The Hall–Kier alpha value is -2.12. The average molecular weight is 375 g/mol. The number of amides is 1. The van der Waals surface area contributed by atoms with Crippen LogP contribution in [0.4, 0.5) is 10.2 Å². The van der Waals surface area contributed by atoms with Gasteiger partial charge in [-0.3, -0.25) is 4.79 Å². The SMILES string of the molecule is CSc1nc(N2CCOCC2)cc(C)c1C(=O)NCc1ccc(F)cc1. The van der Waals surface area contributed by atoms with Crippen LogP contribution < -0.4 is 10.2 Å². The normalized spacial score (nSPS) is 14.3. The maximum Gasteiger partial charge on any atom is 0.254 e. The molecule has 1 aromatic heterocycles. The second-order valence-electron chi connectivity index (χ2n) is 6.09. The van der Waals surface area contributed by atoms with Crippen LogP contribution in [-0.4, -0.2) is 43.5 Å². The smallest absolute Gasteiger partial charge is 0.254 e. The van der Waals surface area contributed by atoms with Crippen LogP contribution in [-0.2, 0) is 11.3 Å². The van der Waals surface area contributed by atoms with Crippen LogP contribution in [0.1, 0.15) is 21.5 Å². The molecule has 2 heterocycles. The van der Waals surface area contributed by atoms with E-state index in [9.17, 15) is 9.18 Å². The molecule has 1 fully saturated rings. The van der Waals surface area contributed by atoms with Gasteiger partial charge in [0.1, 0.15) is 16.7 Å². The predicted molar refractivity (Wildman–Crippen MR) is 101 cm³/mol. The number of halogens is 1. The van der Waals surface area contributed by atoms with Gasteiger partial charge in [-0.1, -0.05) is 12.1 Å². The first-order valence-corrected chi connectivity index (χ1v) is 9.72. The van der Waals surface area contributed by atoms with E-state index in [2.05, 4.69) is 15.2 Å². The molecule has 0 atom stereocenters. The Kier molecular flexibility index (Phi) is 6.11. The van der Waals surface area contributed by atoms with Crippen LogP contribution in [0.25, 0.3) is 0 Å². The first-order valence-electron chi connectivity index (χ1n) is 8.49. The van der Waals surface area contributed by atoms with E-state index in [0.29, 0.717) is 30.3 Å². The van der Waals surface area contributed by atoms with Crippen molar-refractivity contribution in [3.8, 4) is 0 Å². The number of pyridine rings is 1. The fraction of sp³-hybridized carbons (Fsp3) is 0.368. The minimum atomic E-state index is -0.288. The van der Waals surface area contributed by atoms with Crippen molar-refractivity contribution < 1.29 is 13.9 Å². The number of aromatic nitrogens is 1. The van der Waals surface area contributed by atoms with E-state index < -0.39 is 0 Å². The second-order valence-corrected chi connectivity index (χ2v) is 6.89. The van der Waals surface area contributed by atoms with Crippen LogP contribution in [0.5, 0.6) is 0 Å². The number of hydrogen-bond donors (Lipinski definition) is 1. The summed E-state index contributed by atoms with van der Waals surface area (Å²) in [5.41, 5.74) is 2.33. The molecule has 1 aromatic carbocycles. The average Bonchev–Trinajstić information content (AvgIpc) is 2.67. The molecule has 1 amide bonds. The van der Waals surface area contributed by atoms with Crippen molar-refractivity contribution in [2.24, 2.45) is 0 Å². The first kappa shape index (κ1) is 18.7. The van der Waals surface area contributed by atoms with Gasteiger partial charge in [-0.2, -0.15) is 0 Å². The van der Waals surface area contributed by atoms with Gasteiger partial charge in [-0.15, -0.1) is 11.8 Å². The fourth-order valence-corrected chi connectivity index (χ4v) is 3.52. The van der Waals surface area contributed by atoms with Crippen LogP contribution in [0.2, 0.25) is 0 Å². The molecule has 3 rings (SSSR count). The number of nitrogens with one attached hydrogen (secondary N) is 1. The number of hydrogen-bond acceptors (Lipinski definition) is 5. The molecular weight excluding hydrogens is 353 g/mol. The minimum Gasteiger partial charge on any atom is -0.378 e. The van der Waals surface area contributed by atoms with Gasteiger partial charge >= 0.3 is 0 Å². The van der Waals surface area contributed by atoms with Gasteiger partial charge in [0.05, 0.1) is 18.8 Å². The van der Waals surface area contributed by atoms with E-state index in [1.807, 2.05) is 19.2 Å². The number of aryl methyl sites for hydroxylation is 1. The highest BCUT2D eigenvalue weighted by Gasteiger charge is 2.20. The maximum atomic E-state index is 13.0. The Morgan fingerprint density at radius 1 is 1.31 bits per heavy atom. The number of nitrogens with zero attached hydrogens (tertiary/aromatic N) is 2. The number of benzene rings is 1. The summed E-state index contributed by atoms with van der Waals surface area (Å²) < 4.78 is 18.4. The zero-order valence-electron chi connectivity index (χ0n) is 14.9. The summed E-state index contributed by atoms with van der Waals surface area (Å²) in [6.07, 6.45) is 1.92. The van der Waals surface area contributed by atoms with Crippen molar-refractivity contribution in [1.29, 1.82) is 0 Å². The highest BCUT2D eigenvalue weighted by Crippen LogP contribution is 2.26. The maximum absolute atomic E-state index is 13.0. The lowest BCUT2D eigenvalue weighted by molar-refractivity contribution is 0.0946. The first-order chi connectivity index (χ1) is 12.6. The summed E-state index contributed by atoms with van der Waals surface area (Å²) >= 11 is 1.46. The lowest BCUT2D eigenvalue weighted by Crippen LogP contribution is -2.37. The van der Waals surface area contributed by atoms with Gasteiger partial charge in [-0.25, -0.2) is 9.37 Å². The third-order valence-electron chi connectivity index (χ3n) is 4.29. The fourth-order valence-electron chi connectivity index (χ4n) is 2.88. The van der Waals surface area contributed by atoms with E-state index in [1.165, 1.54) is 23.9 Å². The highest BCUT2D eigenvalue weighted by atomic mass is 32.2. The van der Waals surface area contributed by atoms with Crippen LogP contribution >= 0.6 is 11.8 Å². The number of carbonyl (C=O) groups excluding carboxylic acids is 1. The lowest BCUT2D eigenvalue weighted by atomic mass is 10.1. The molecule has 0 bridgehead atoms. The monoisotopic (exact) mass is 375 g/mol. The molecule has 0 aliphatic carbocycles. The van der Waals surface area contributed by atoms with E-state index in [-0.39, 0.29) is 11.7 Å². The summed E-state index contributed by atoms with van der Waals surface area (Å²) in [4.78, 5) is 19.6. The van der Waals surface area contributed by atoms with Crippen LogP contribution in [0, 0.1) is 12.7 Å². The highest BCUT2D eigenvalue weighted by molar-refractivity contribution is 7.98. The molecule has 1 saturated heterocycles. The van der Waals surface area contributed by atoms with Crippen molar-refractivity contribution in [2.45, 2.75) is 18.5 Å². The molecule has 5 nitrogen and oxygen atoms in total. The third-order valence-corrected chi connectivity index (χ3v) is 4.97. The van der Waals surface area contributed by atoms with Crippen molar-refractivity contribution in [2.75, 3.05) is 37.5 Å². The van der Waals surface area contributed by atoms with Gasteiger partial charge < -0.3 is 15.0 Å². The molecule has 138 valence electrons. The van der Waals surface area contributed by atoms with Crippen molar-refractivity contribution in [1.82, 2.24) is 10.3 Å².